The van der Waals surface area contributed by atoms with Crippen molar-refractivity contribution < 1.29 is 28.6 Å². The predicted molar refractivity (Wildman–Crippen MR) is 153 cm³/mol. The van der Waals surface area contributed by atoms with Gasteiger partial charge in [0.15, 0.2) is 18.1 Å². The minimum atomic E-state index is -0.765. The monoisotopic (exact) mass is 557 g/mol. The molecule has 4 rings (SSSR count). The van der Waals surface area contributed by atoms with Crippen molar-refractivity contribution in [2.24, 2.45) is 5.10 Å². The molecule has 1 aliphatic rings. The number of carbonyl (C=O) groups excluding carboxylic acids is 3. The van der Waals surface area contributed by atoms with Crippen LogP contribution in [0.2, 0.25) is 0 Å². The number of terminal acetylenes is 1. The maximum absolute atomic E-state index is 12.6. The van der Waals surface area contributed by atoms with Gasteiger partial charge < -0.3 is 29.4 Å². The number of rotatable bonds is 10. The van der Waals surface area contributed by atoms with Crippen LogP contribution in [0.25, 0.3) is 10.9 Å². The summed E-state index contributed by atoms with van der Waals surface area (Å²) < 4.78 is 18.3. The maximum Gasteiger partial charge on any atom is 0.338 e. The number of nitrogens with zero attached hydrogens (tertiary/aromatic N) is 2. The normalized spacial score (nSPS) is 14.8. The topological polar surface area (TPSA) is 132 Å². The third-order valence-electron chi connectivity index (χ3n) is 6.56. The Labute approximate surface area is 237 Å². The lowest BCUT2D eigenvalue weighted by molar-refractivity contribution is -0.139. The van der Waals surface area contributed by atoms with E-state index in [0.29, 0.717) is 29.3 Å². The third-order valence-corrected chi connectivity index (χ3v) is 6.56. The number of hydrazone groups is 1. The molecule has 3 aromatic rings. The van der Waals surface area contributed by atoms with Crippen molar-refractivity contribution in [2.75, 3.05) is 20.3 Å². The molecule has 0 aliphatic carbocycles. The van der Waals surface area contributed by atoms with E-state index in [1.165, 1.54) is 7.11 Å². The number of amides is 3. The molecule has 11 heteroatoms. The summed E-state index contributed by atoms with van der Waals surface area (Å²) in [7, 11) is 1.45. The van der Waals surface area contributed by atoms with E-state index in [1.807, 2.05) is 35.8 Å². The third kappa shape index (κ3) is 6.17. The Bertz CT molecular complexity index is 1600. The van der Waals surface area contributed by atoms with E-state index < -0.39 is 23.9 Å². The van der Waals surface area contributed by atoms with Gasteiger partial charge in [0, 0.05) is 27.9 Å². The van der Waals surface area contributed by atoms with Gasteiger partial charge in [-0.15, -0.1) is 6.42 Å². The van der Waals surface area contributed by atoms with Gasteiger partial charge in [0.05, 0.1) is 38.1 Å². The fourth-order valence-electron chi connectivity index (χ4n) is 4.67. The fraction of sp³-hybridized carbons (Fsp3) is 0.267. The molecule has 0 unspecified atom stereocenters. The molecule has 2 aromatic carbocycles. The van der Waals surface area contributed by atoms with Crippen LogP contribution in [0.5, 0.6) is 11.5 Å². The summed E-state index contributed by atoms with van der Waals surface area (Å²) in [4.78, 5) is 37.2. The molecule has 3 amide bonds. The van der Waals surface area contributed by atoms with Gasteiger partial charge >= 0.3 is 12.0 Å². The summed E-state index contributed by atoms with van der Waals surface area (Å²) in [5.41, 5.74) is 6.49. The van der Waals surface area contributed by atoms with Crippen molar-refractivity contribution >= 4 is 35.0 Å². The quantitative estimate of drug-likeness (QED) is 0.152. The molecule has 0 fully saturated rings. The average Bonchev–Trinajstić information content (AvgIpc) is 3.22. The summed E-state index contributed by atoms with van der Waals surface area (Å²) in [5.74, 6) is 2.24. The van der Waals surface area contributed by atoms with Crippen LogP contribution >= 0.6 is 0 Å². The predicted octanol–water partition coefficient (Wildman–Crippen LogP) is 3.31. The van der Waals surface area contributed by atoms with Crippen LogP contribution in [0.1, 0.15) is 36.7 Å². The summed E-state index contributed by atoms with van der Waals surface area (Å²) >= 11 is 0. The standard InChI is InChI=1S/C30H31N5O6/c1-6-14-35-19(4)22(21-10-8-9-11-23(21)35)16-31-34-26(36)17-41-24-13-12-20(15-25(24)39-5)28-27(29(37)40-7-2)18(3)32-30(38)33-28/h1,8-13,15-16,28H,7,14,17H2,2-5H3,(H,34,36)(H2,32,33,38)/b31-16+/t28-/m0/s1. The van der Waals surface area contributed by atoms with Crippen molar-refractivity contribution in [1.82, 2.24) is 20.6 Å². The number of carbonyl (C=O) groups is 3. The Hall–Kier alpha value is -5.24. The number of ether oxygens (including phenoxy) is 3. The second kappa shape index (κ2) is 12.7. The number of esters is 1. The summed E-state index contributed by atoms with van der Waals surface area (Å²) in [6.45, 7) is 5.56. The first-order valence-corrected chi connectivity index (χ1v) is 12.9. The van der Waals surface area contributed by atoms with E-state index >= 15 is 0 Å². The minimum absolute atomic E-state index is 0.188. The number of para-hydroxylation sites is 1. The van der Waals surface area contributed by atoms with Gasteiger partial charge in [-0.05, 0) is 44.5 Å². The number of allylic oxidation sites excluding steroid dienone is 1. The Morgan fingerprint density at radius 2 is 1.98 bits per heavy atom. The van der Waals surface area contributed by atoms with Gasteiger partial charge in [-0.3, -0.25) is 4.79 Å². The molecular formula is C30H31N5O6. The van der Waals surface area contributed by atoms with Crippen LogP contribution in [0.4, 0.5) is 4.79 Å². The van der Waals surface area contributed by atoms with Crippen molar-refractivity contribution in [2.45, 2.75) is 33.4 Å². The Kier molecular flexibility index (Phi) is 8.94. The minimum Gasteiger partial charge on any atom is -0.493 e. The fourth-order valence-corrected chi connectivity index (χ4v) is 4.67. The Morgan fingerprint density at radius 1 is 1.20 bits per heavy atom. The number of methoxy groups -OCH3 is 1. The van der Waals surface area contributed by atoms with Crippen molar-refractivity contribution in [3.8, 4) is 23.8 Å². The molecule has 212 valence electrons. The van der Waals surface area contributed by atoms with E-state index in [2.05, 4.69) is 27.1 Å². The molecule has 11 nitrogen and oxygen atoms in total. The molecule has 0 spiro atoms. The Balaban J connectivity index is 1.45. The summed E-state index contributed by atoms with van der Waals surface area (Å²) in [6.07, 6.45) is 7.12. The molecule has 0 saturated heterocycles. The van der Waals surface area contributed by atoms with E-state index in [4.69, 9.17) is 20.6 Å². The molecule has 1 atom stereocenters. The lowest BCUT2D eigenvalue weighted by Crippen LogP contribution is -2.45. The number of benzene rings is 2. The largest absolute Gasteiger partial charge is 0.493 e. The maximum atomic E-state index is 12.6. The molecule has 3 N–H and O–H groups in total. The van der Waals surface area contributed by atoms with Gasteiger partial charge in [-0.2, -0.15) is 5.10 Å². The van der Waals surface area contributed by atoms with E-state index in [1.54, 1.807) is 38.3 Å². The SMILES string of the molecule is C#CCn1c(C)c(/C=N/NC(=O)COc2ccc([C@@H]3NC(=O)NC(C)=C3C(=O)OCC)cc2OC)c2ccccc21. The zero-order valence-corrected chi connectivity index (χ0v) is 23.2. The number of hydrogen-bond donors (Lipinski definition) is 3. The molecule has 0 radical (unpaired) electrons. The first-order valence-electron chi connectivity index (χ1n) is 12.9. The Morgan fingerprint density at radius 3 is 2.71 bits per heavy atom. The van der Waals surface area contributed by atoms with Gasteiger partial charge in [0.1, 0.15) is 0 Å². The molecule has 0 bridgehead atoms. The van der Waals surface area contributed by atoms with Gasteiger partial charge in [0.2, 0.25) is 0 Å². The first-order chi connectivity index (χ1) is 19.8. The lowest BCUT2D eigenvalue weighted by atomic mass is 9.95. The first kappa shape index (κ1) is 28.8. The van der Waals surface area contributed by atoms with Crippen LogP contribution in [0.15, 0.2) is 58.8 Å². The van der Waals surface area contributed by atoms with E-state index in [9.17, 15) is 14.4 Å². The van der Waals surface area contributed by atoms with Gasteiger partial charge in [-0.25, -0.2) is 15.0 Å². The molecule has 41 heavy (non-hydrogen) atoms. The molecular weight excluding hydrogens is 526 g/mol. The molecule has 0 saturated carbocycles. The van der Waals surface area contributed by atoms with Crippen LogP contribution in [-0.2, 0) is 20.9 Å². The second-order valence-corrected chi connectivity index (χ2v) is 9.09. The van der Waals surface area contributed by atoms with Crippen LogP contribution in [-0.4, -0.2) is 49.0 Å². The smallest absolute Gasteiger partial charge is 0.338 e. The molecule has 2 heterocycles. The number of nitrogens with one attached hydrogen (secondary N) is 3. The van der Waals surface area contributed by atoms with Crippen LogP contribution in [0.3, 0.4) is 0 Å². The van der Waals surface area contributed by atoms with Crippen molar-refractivity contribution in [3.05, 3.63) is 70.6 Å². The number of fused-ring (bicyclic) bond motifs is 1. The average molecular weight is 558 g/mol. The van der Waals surface area contributed by atoms with Crippen LogP contribution < -0.4 is 25.5 Å². The lowest BCUT2D eigenvalue weighted by Gasteiger charge is -2.28. The number of hydrogen-bond acceptors (Lipinski definition) is 7. The molecule has 1 aliphatic heterocycles. The van der Waals surface area contributed by atoms with Gasteiger partial charge in [0.25, 0.3) is 5.91 Å². The molecule has 1 aromatic heterocycles. The highest BCUT2D eigenvalue weighted by Gasteiger charge is 2.32. The zero-order valence-electron chi connectivity index (χ0n) is 23.2. The van der Waals surface area contributed by atoms with Crippen molar-refractivity contribution in [1.29, 1.82) is 0 Å². The number of aromatic nitrogens is 1. The highest BCUT2D eigenvalue weighted by molar-refractivity contribution is 6.01. The van der Waals surface area contributed by atoms with E-state index in [0.717, 1.165) is 22.2 Å². The number of urea groups is 1. The highest BCUT2D eigenvalue weighted by Crippen LogP contribution is 2.34. The summed E-state index contributed by atoms with van der Waals surface area (Å²) in [5, 5.41) is 10.4. The van der Waals surface area contributed by atoms with Crippen LogP contribution in [0, 0.1) is 19.3 Å². The highest BCUT2D eigenvalue weighted by atomic mass is 16.5. The second-order valence-electron chi connectivity index (χ2n) is 9.09. The van der Waals surface area contributed by atoms with Gasteiger partial charge in [-0.1, -0.05) is 30.2 Å². The van der Waals surface area contributed by atoms with E-state index in [-0.39, 0.29) is 18.8 Å². The zero-order chi connectivity index (χ0) is 29.5. The van der Waals surface area contributed by atoms with Crippen molar-refractivity contribution in [3.63, 3.8) is 0 Å². The summed E-state index contributed by atoms with van der Waals surface area (Å²) in [6, 6.07) is 11.5.